The van der Waals surface area contributed by atoms with Gasteiger partial charge in [-0.1, -0.05) is 30.3 Å². The molecule has 1 aromatic rings. The number of carbonyl (C=O) groups excluding carboxylic acids is 2. The largest absolute Gasteiger partial charge is 0.459 e. The van der Waals surface area contributed by atoms with E-state index in [1.807, 2.05) is 30.3 Å². The van der Waals surface area contributed by atoms with Gasteiger partial charge < -0.3 is 19.0 Å². The van der Waals surface area contributed by atoms with Gasteiger partial charge in [0.05, 0.1) is 0 Å². The second-order valence-electron chi connectivity index (χ2n) is 4.92. The van der Waals surface area contributed by atoms with Gasteiger partial charge >= 0.3 is 5.97 Å². The van der Waals surface area contributed by atoms with Gasteiger partial charge in [0.2, 0.25) is 0 Å². The van der Waals surface area contributed by atoms with Crippen molar-refractivity contribution >= 4 is 12.3 Å². The molecule has 0 bridgehead atoms. The molecule has 0 saturated carbocycles. The molecule has 1 saturated heterocycles. The fourth-order valence-electron chi connectivity index (χ4n) is 2.12. The van der Waals surface area contributed by atoms with Crippen LogP contribution < -0.4 is 0 Å². The summed E-state index contributed by atoms with van der Waals surface area (Å²) in [4.78, 5) is 22.7. The molecule has 114 valence electrons. The number of esters is 1. The van der Waals surface area contributed by atoms with Crippen LogP contribution in [-0.4, -0.2) is 31.3 Å². The average Bonchev–Trinajstić information content (AvgIpc) is 2.54. The van der Waals surface area contributed by atoms with Gasteiger partial charge in [-0.05, 0) is 24.8 Å². The van der Waals surface area contributed by atoms with E-state index in [1.165, 1.54) is 0 Å². The summed E-state index contributed by atoms with van der Waals surface area (Å²) >= 11 is 0. The van der Waals surface area contributed by atoms with E-state index < -0.39 is 18.4 Å². The topological polar surface area (TPSA) is 61.8 Å². The minimum absolute atomic E-state index is 0.0204. The van der Waals surface area contributed by atoms with Crippen LogP contribution in [0.2, 0.25) is 0 Å². The Kier molecular flexibility index (Phi) is 6.37. The third-order valence-corrected chi connectivity index (χ3v) is 3.25. The zero-order valence-electron chi connectivity index (χ0n) is 11.9. The van der Waals surface area contributed by atoms with E-state index in [4.69, 9.17) is 14.2 Å². The van der Waals surface area contributed by atoms with Crippen molar-refractivity contribution in [3.8, 4) is 0 Å². The minimum Gasteiger partial charge on any atom is -0.459 e. The Balaban J connectivity index is 1.84. The van der Waals surface area contributed by atoms with Gasteiger partial charge in [0, 0.05) is 13.0 Å². The van der Waals surface area contributed by atoms with Crippen molar-refractivity contribution in [1.29, 1.82) is 0 Å². The van der Waals surface area contributed by atoms with Crippen LogP contribution in [0.5, 0.6) is 0 Å². The van der Waals surface area contributed by atoms with Gasteiger partial charge in [0.15, 0.2) is 12.4 Å². The second-order valence-corrected chi connectivity index (χ2v) is 4.92. The van der Waals surface area contributed by atoms with E-state index in [0.717, 1.165) is 24.8 Å². The number of ether oxygens (including phenoxy) is 3. The standard InChI is InChI=1S/C16H20O5/c17-10-9-14(21-15-8-4-5-11-19-15)16(18)20-12-13-6-2-1-3-7-13/h1-3,6-7,10,14-15H,4-5,8-9,11-12H2/t14-,15?/m0/s1. The molecule has 0 aliphatic carbocycles. The number of rotatable bonds is 7. The highest BCUT2D eigenvalue weighted by molar-refractivity contribution is 5.77. The molecule has 2 atom stereocenters. The second kappa shape index (κ2) is 8.54. The average molecular weight is 292 g/mol. The molecular weight excluding hydrogens is 272 g/mol. The number of aldehydes is 1. The summed E-state index contributed by atoms with van der Waals surface area (Å²) in [7, 11) is 0. The highest BCUT2D eigenvalue weighted by Crippen LogP contribution is 2.17. The summed E-state index contributed by atoms with van der Waals surface area (Å²) in [5.74, 6) is -0.528. The van der Waals surface area contributed by atoms with Gasteiger partial charge in [-0.2, -0.15) is 0 Å². The molecule has 0 spiro atoms. The summed E-state index contributed by atoms with van der Waals surface area (Å²) in [6.45, 7) is 0.793. The lowest BCUT2D eigenvalue weighted by Crippen LogP contribution is -2.34. The lowest BCUT2D eigenvalue weighted by molar-refractivity contribution is -0.204. The molecule has 0 aromatic heterocycles. The van der Waals surface area contributed by atoms with Gasteiger partial charge in [-0.3, -0.25) is 0 Å². The maximum Gasteiger partial charge on any atom is 0.336 e. The summed E-state index contributed by atoms with van der Waals surface area (Å²) in [5, 5.41) is 0. The fourth-order valence-corrected chi connectivity index (χ4v) is 2.12. The summed E-state index contributed by atoms with van der Waals surface area (Å²) in [5.41, 5.74) is 0.893. The predicted octanol–water partition coefficient (Wildman–Crippen LogP) is 2.23. The van der Waals surface area contributed by atoms with Crippen LogP contribution in [0.4, 0.5) is 0 Å². The fraction of sp³-hybridized carbons (Fsp3) is 0.500. The van der Waals surface area contributed by atoms with Crippen LogP contribution >= 0.6 is 0 Å². The van der Waals surface area contributed by atoms with E-state index >= 15 is 0 Å². The third-order valence-electron chi connectivity index (χ3n) is 3.25. The Morgan fingerprint density at radius 1 is 1.33 bits per heavy atom. The van der Waals surface area contributed by atoms with Gasteiger partial charge in [0.25, 0.3) is 0 Å². The van der Waals surface area contributed by atoms with Crippen LogP contribution in [0, 0.1) is 0 Å². The van der Waals surface area contributed by atoms with Crippen molar-refractivity contribution < 1.29 is 23.8 Å². The molecule has 1 unspecified atom stereocenters. The molecule has 1 heterocycles. The van der Waals surface area contributed by atoms with Crippen molar-refractivity contribution in [2.45, 2.75) is 44.7 Å². The van der Waals surface area contributed by atoms with Gasteiger partial charge in [-0.25, -0.2) is 4.79 Å². The van der Waals surface area contributed by atoms with Crippen LogP contribution in [0.25, 0.3) is 0 Å². The smallest absolute Gasteiger partial charge is 0.336 e. The first-order chi connectivity index (χ1) is 10.3. The summed E-state index contributed by atoms with van der Waals surface area (Å²) in [6.07, 6.45) is 2.06. The van der Waals surface area contributed by atoms with Crippen molar-refractivity contribution in [2.24, 2.45) is 0 Å². The molecule has 1 aliphatic rings. The lowest BCUT2D eigenvalue weighted by Gasteiger charge is -2.26. The maximum atomic E-state index is 12.0. The highest BCUT2D eigenvalue weighted by Gasteiger charge is 2.26. The summed E-state index contributed by atoms with van der Waals surface area (Å²) in [6, 6.07) is 9.38. The molecule has 0 radical (unpaired) electrons. The predicted molar refractivity (Wildman–Crippen MR) is 75.4 cm³/mol. The lowest BCUT2D eigenvalue weighted by atomic mass is 10.2. The van der Waals surface area contributed by atoms with E-state index in [9.17, 15) is 9.59 Å². The molecule has 1 aromatic carbocycles. The molecule has 1 fully saturated rings. The molecule has 0 amide bonds. The number of carbonyl (C=O) groups is 2. The SMILES string of the molecule is O=CC[C@H](OC1CCCCO1)C(=O)OCc1ccccc1. The van der Waals surface area contributed by atoms with E-state index in [0.29, 0.717) is 12.9 Å². The van der Waals surface area contributed by atoms with Crippen LogP contribution in [-0.2, 0) is 30.4 Å². The van der Waals surface area contributed by atoms with E-state index in [-0.39, 0.29) is 13.0 Å². The third kappa shape index (κ3) is 5.28. The first-order valence-electron chi connectivity index (χ1n) is 7.21. The summed E-state index contributed by atoms with van der Waals surface area (Å²) < 4.78 is 16.2. The molecule has 21 heavy (non-hydrogen) atoms. The Hall–Kier alpha value is -1.72. The van der Waals surface area contributed by atoms with Crippen LogP contribution in [0.15, 0.2) is 30.3 Å². The van der Waals surface area contributed by atoms with Gasteiger partial charge in [0.1, 0.15) is 12.9 Å². The zero-order valence-corrected chi connectivity index (χ0v) is 11.9. The zero-order chi connectivity index (χ0) is 14.9. The van der Waals surface area contributed by atoms with Crippen molar-refractivity contribution in [1.82, 2.24) is 0 Å². The van der Waals surface area contributed by atoms with Crippen molar-refractivity contribution in [3.05, 3.63) is 35.9 Å². The monoisotopic (exact) mass is 292 g/mol. The number of hydrogen-bond acceptors (Lipinski definition) is 5. The Bertz CT molecular complexity index is 439. The van der Waals surface area contributed by atoms with Crippen LogP contribution in [0.3, 0.4) is 0 Å². The maximum absolute atomic E-state index is 12.0. The Morgan fingerprint density at radius 3 is 2.81 bits per heavy atom. The molecule has 1 aliphatic heterocycles. The number of benzene rings is 1. The minimum atomic E-state index is -0.894. The first kappa shape index (κ1) is 15.7. The highest BCUT2D eigenvalue weighted by atomic mass is 16.7. The molecular formula is C16H20O5. The normalized spacial score (nSPS) is 19.7. The van der Waals surface area contributed by atoms with Crippen LogP contribution in [0.1, 0.15) is 31.2 Å². The molecule has 0 N–H and O–H groups in total. The number of hydrogen-bond donors (Lipinski definition) is 0. The van der Waals surface area contributed by atoms with E-state index in [2.05, 4.69) is 0 Å². The first-order valence-corrected chi connectivity index (χ1v) is 7.21. The quantitative estimate of drug-likeness (QED) is 0.569. The van der Waals surface area contributed by atoms with Gasteiger partial charge in [-0.15, -0.1) is 0 Å². The van der Waals surface area contributed by atoms with Crippen molar-refractivity contribution in [3.63, 3.8) is 0 Å². The molecule has 2 rings (SSSR count). The van der Waals surface area contributed by atoms with E-state index in [1.54, 1.807) is 0 Å². The molecule has 5 nitrogen and oxygen atoms in total. The van der Waals surface area contributed by atoms with Crippen molar-refractivity contribution in [2.75, 3.05) is 6.61 Å². The Labute approximate surface area is 124 Å². The molecule has 5 heteroatoms. The Morgan fingerprint density at radius 2 is 2.14 bits per heavy atom.